The molecule has 2 heterocycles. The number of nitrogens with one attached hydrogen (secondary N) is 2. The van der Waals surface area contributed by atoms with Crippen LogP contribution in [-0.2, 0) is 24.0 Å². The normalized spacial score (nSPS) is 18.6. The Hall–Kier alpha value is -3.35. The summed E-state index contributed by atoms with van der Waals surface area (Å²) in [5, 5.41) is 17.1. The lowest BCUT2D eigenvalue weighted by Crippen LogP contribution is -2.57. The summed E-state index contributed by atoms with van der Waals surface area (Å²) in [4.78, 5) is 63.5. The van der Waals surface area contributed by atoms with E-state index in [9.17, 15) is 24.3 Å². The number of aryl methyl sites for hydroxylation is 1. The number of benzene rings is 1. The van der Waals surface area contributed by atoms with Crippen molar-refractivity contribution >= 4 is 35.0 Å². The van der Waals surface area contributed by atoms with Crippen LogP contribution in [0.25, 0.3) is 10.4 Å². The van der Waals surface area contributed by atoms with E-state index in [0.29, 0.717) is 5.56 Å². The molecule has 1 aliphatic rings. The van der Waals surface area contributed by atoms with Crippen LogP contribution in [0.4, 0.5) is 0 Å². The number of likely N-dealkylation sites (tertiary alicyclic amines) is 1. The molecule has 0 unspecified atom stereocenters. The highest BCUT2D eigenvalue weighted by molar-refractivity contribution is 7.13. The predicted molar refractivity (Wildman–Crippen MR) is 151 cm³/mol. The fourth-order valence-corrected chi connectivity index (χ4v) is 5.51. The number of aromatic nitrogens is 1. The molecule has 218 valence electrons. The van der Waals surface area contributed by atoms with Crippen molar-refractivity contribution < 1.29 is 29.1 Å². The van der Waals surface area contributed by atoms with Crippen LogP contribution in [0.1, 0.15) is 57.8 Å². The van der Waals surface area contributed by atoms with Gasteiger partial charge in [0, 0.05) is 26.9 Å². The van der Waals surface area contributed by atoms with Crippen LogP contribution in [0, 0.1) is 12.3 Å². The Kier molecular flexibility index (Phi) is 10.0. The van der Waals surface area contributed by atoms with Crippen LogP contribution in [0.2, 0.25) is 0 Å². The average Bonchev–Trinajstić information content (AvgIpc) is 3.50. The minimum absolute atomic E-state index is 0.0384. The van der Waals surface area contributed by atoms with Crippen LogP contribution in [0.15, 0.2) is 29.8 Å². The number of hydrogen-bond acceptors (Lipinski definition) is 8. The Morgan fingerprint density at radius 1 is 1.20 bits per heavy atom. The van der Waals surface area contributed by atoms with Crippen LogP contribution in [0.3, 0.4) is 0 Å². The van der Waals surface area contributed by atoms with Crippen molar-refractivity contribution in [3.63, 3.8) is 0 Å². The summed E-state index contributed by atoms with van der Waals surface area (Å²) >= 11 is 1.53. The standard InChI is InChI=1S/C28H39N5O6S/c1-16-24(40-15-29-16)19-10-8-18(9-11-19)21(13-23(36)32(6)39-7)31-26(37)22-12-20(35)14-33(22)27(38)25(28(3,4)5)30-17(2)34/h8-11,15,20-22,25,35H,12-14H2,1-7H3,(H,30,34)(H,31,37)/t20-,21+,22+,25-/m1/s1. The molecule has 11 nitrogen and oxygen atoms in total. The van der Waals surface area contributed by atoms with Gasteiger partial charge in [-0.2, -0.15) is 0 Å². The highest BCUT2D eigenvalue weighted by Crippen LogP contribution is 2.30. The Morgan fingerprint density at radius 2 is 1.85 bits per heavy atom. The smallest absolute Gasteiger partial charge is 0.248 e. The number of carbonyl (C=O) groups is 4. The molecule has 0 aliphatic carbocycles. The van der Waals surface area contributed by atoms with Gasteiger partial charge in [0.15, 0.2) is 0 Å². The molecule has 1 aliphatic heterocycles. The number of thiazole rings is 1. The molecule has 0 bridgehead atoms. The average molecular weight is 574 g/mol. The highest BCUT2D eigenvalue weighted by Gasteiger charge is 2.44. The molecule has 3 rings (SSSR count). The van der Waals surface area contributed by atoms with Gasteiger partial charge in [0.05, 0.1) is 41.8 Å². The molecule has 1 saturated heterocycles. The maximum Gasteiger partial charge on any atom is 0.248 e. The zero-order valence-corrected chi connectivity index (χ0v) is 24.9. The van der Waals surface area contributed by atoms with Crippen molar-refractivity contribution in [2.75, 3.05) is 20.7 Å². The van der Waals surface area contributed by atoms with Crippen molar-refractivity contribution in [1.29, 1.82) is 0 Å². The summed E-state index contributed by atoms with van der Waals surface area (Å²) < 4.78 is 0. The fraction of sp³-hybridized carbons (Fsp3) is 0.536. The Balaban J connectivity index is 1.88. The summed E-state index contributed by atoms with van der Waals surface area (Å²) in [6, 6.07) is 4.93. The number of β-amino-alcohol motifs (C(OH)–C–C–N with tert-alkyl or cyclic N) is 1. The van der Waals surface area contributed by atoms with Gasteiger partial charge in [-0.25, -0.2) is 10.0 Å². The van der Waals surface area contributed by atoms with Gasteiger partial charge in [0.1, 0.15) is 12.1 Å². The third-order valence-corrected chi connectivity index (χ3v) is 7.94. The molecule has 12 heteroatoms. The van der Waals surface area contributed by atoms with Crippen molar-refractivity contribution in [3.8, 4) is 10.4 Å². The number of aliphatic hydroxyl groups is 1. The SMILES string of the molecule is CON(C)C(=O)C[C@H](NC(=O)[C@@H]1C[C@@H](O)CN1C(=O)[C@@H](NC(C)=O)C(C)(C)C)c1ccc(-c2scnc2C)cc1. The van der Waals surface area contributed by atoms with E-state index in [4.69, 9.17) is 4.84 Å². The summed E-state index contributed by atoms with van der Waals surface area (Å²) in [6.45, 7) is 8.67. The fourth-order valence-electron chi connectivity index (χ4n) is 4.69. The zero-order chi connectivity index (χ0) is 29.8. The van der Waals surface area contributed by atoms with E-state index in [-0.39, 0.29) is 31.2 Å². The number of hydrogen-bond donors (Lipinski definition) is 3. The first kappa shape index (κ1) is 31.2. The maximum absolute atomic E-state index is 13.6. The van der Waals surface area contributed by atoms with E-state index in [0.717, 1.165) is 21.2 Å². The van der Waals surface area contributed by atoms with Gasteiger partial charge in [-0.3, -0.25) is 24.0 Å². The van der Waals surface area contributed by atoms with Gasteiger partial charge in [-0.1, -0.05) is 45.0 Å². The van der Waals surface area contributed by atoms with Crippen molar-refractivity contribution in [1.82, 2.24) is 25.6 Å². The second-order valence-corrected chi connectivity index (χ2v) is 12.0. The van der Waals surface area contributed by atoms with Gasteiger partial charge in [-0.15, -0.1) is 11.3 Å². The van der Waals surface area contributed by atoms with Gasteiger partial charge >= 0.3 is 0 Å². The topological polar surface area (TPSA) is 141 Å². The number of amides is 4. The predicted octanol–water partition coefficient (Wildman–Crippen LogP) is 2.20. The van der Waals surface area contributed by atoms with Gasteiger partial charge in [-0.05, 0) is 23.5 Å². The zero-order valence-electron chi connectivity index (χ0n) is 24.1. The molecule has 4 atom stereocenters. The molecule has 0 radical (unpaired) electrons. The second-order valence-electron chi connectivity index (χ2n) is 11.1. The molecular formula is C28H39N5O6S. The lowest BCUT2D eigenvalue weighted by atomic mass is 9.85. The van der Waals surface area contributed by atoms with Crippen molar-refractivity contribution in [3.05, 3.63) is 41.0 Å². The first-order chi connectivity index (χ1) is 18.7. The Bertz CT molecular complexity index is 1220. The third-order valence-electron chi connectivity index (χ3n) is 6.97. The Labute approximate surface area is 238 Å². The molecule has 1 aromatic heterocycles. The number of aliphatic hydroxyl groups excluding tert-OH is 1. The molecular weight excluding hydrogens is 534 g/mol. The summed E-state index contributed by atoms with van der Waals surface area (Å²) in [6.07, 6.45) is -0.954. The van der Waals surface area contributed by atoms with Gasteiger partial charge in [0.25, 0.3) is 0 Å². The molecule has 1 aromatic carbocycles. The lowest BCUT2D eigenvalue weighted by Gasteiger charge is -2.35. The van der Waals surface area contributed by atoms with Crippen LogP contribution >= 0.6 is 11.3 Å². The number of hydroxylamine groups is 2. The summed E-state index contributed by atoms with van der Waals surface area (Å²) in [5.41, 5.74) is 3.72. The first-order valence-corrected chi connectivity index (χ1v) is 14.0. The van der Waals surface area contributed by atoms with E-state index in [1.165, 1.54) is 37.3 Å². The molecule has 1 fully saturated rings. The largest absolute Gasteiger partial charge is 0.391 e. The van der Waals surface area contributed by atoms with E-state index >= 15 is 0 Å². The number of rotatable bonds is 9. The highest BCUT2D eigenvalue weighted by atomic mass is 32.1. The summed E-state index contributed by atoms with van der Waals surface area (Å²) in [5.74, 6) is -1.67. The van der Waals surface area contributed by atoms with Crippen molar-refractivity contribution in [2.45, 2.75) is 71.7 Å². The lowest BCUT2D eigenvalue weighted by molar-refractivity contribution is -0.169. The summed E-state index contributed by atoms with van der Waals surface area (Å²) in [7, 11) is 2.86. The van der Waals surface area contributed by atoms with Crippen LogP contribution < -0.4 is 10.6 Å². The van der Waals surface area contributed by atoms with Gasteiger partial charge in [0.2, 0.25) is 23.6 Å². The Morgan fingerprint density at radius 3 is 2.38 bits per heavy atom. The van der Waals surface area contributed by atoms with E-state index in [1.54, 1.807) is 5.51 Å². The monoisotopic (exact) mass is 573 g/mol. The molecule has 2 aromatic rings. The molecule has 4 amide bonds. The minimum atomic E-state index is -0.974. The quantitative estimate of drug-likeness (QED) is 0.391. The van der Waals surface area contributed by atoms with E-state index in [1.807, 2.05) is 52.0 Å². The molecule has 0 saturated carbocycles. The minimum Gasteiger partial charge on any atom is -0.391 e. The molecule has 0 spiro atoms. The number of carbonyl (C=O) groups excluding carboxylic acids is 4. The van der Waals surface area contributed by atoms with E-state index < -0.39 is 41.5 Å². The van der Waals surface area contributed by atoms with Crippen molar-refractivity contribution in [2.24, 2.45) is 5.41 Å². The number of nitrogens with zero attached hydrogens (tertiary/aromatic N) is 3. The molecule has 40 heavy (non-hydrogen) atoms. The van der Waals surface area contributed by atoms with Crippen LogP contribution in [-0.4, -0.2) is 82.6 Å². The second kappa shape index (κ2) is 12.9. The van der Waals surface area contributed by atoms with Gasteiger partial charge < -0.3 is 20.6 Å². The molecule has 3 N–H and O–H groups in total. The van der Waals surface area contributed by atoms with E-state index in [2.05, 4.69) is 15.6 Å². The first-order valence-electron chi connectivity index (χ1n) is 13.1. The maximum atomic E-state index is 13.6. The third kappa shape index (κ3) is 7.43. The van der Waals surface area contributed by atoms with Crippen LogP contribution in [0.5, 0.6) is 0 Å².